The van der Waals surface area contributed by atoms with Crippen molar-refractivity contribution < 1.29 is 0 Å². The first-order valence-electron chi connectivity index (χ1n) is 5.19. The minimum Gasteiger partial charge on any atom is -0.370 e. The van der Waals surface area contributed by atoms with Crippen molar-refractivity contribution in [2.45, 2.75) is 13.3 Å². The van der Waals surface area contributed by atoms with Gasteiger partial charge in [-0.1, -0.05) is 0 Å². The first kappa shape index (κ1) is 11.3. The third-order valence-electron chi connectivity index (χ3n) is 2.63. The summed E-state index contributed by atoms with van der Waals surface area (Å²) >= 11 is 5.48. The summed E-state index contributed by atoms with van der Waals surface area (Å²) in [6.07, 6.45) is 3.19. The fourth-order valence-electron chi connectivity index (χ4n) is 1.71. The second kappa shape index (κ2) is 5.21. The van der Waals surface area contributed by atoms with Crippen LogP contribution < -0.4 is 5.32 Å². The number of nitrogens with one attached hydrogen (secondary N) is 1. The van der Waals surface area contributed by atoms with Gasteiger partial charge in [-0.2, -0.15) is 11.8 Å². The Balaban J connectivity index is 1.92. The van der Waals surface area contributed by atoms with E-state index in [1.165, 1.54) is 23.5 Å². The summed E-state index contributed by atoms with van der Waals surface area (Å²) in [6.45, 7) is 3.14. The van der Waals surface area contributed by atoms with Gasteiger partial charge < -0.3 is 5.32 Å². The molecule has 0 saturated carbocycles. The van der Waals surface area contributed by atoms with Gasteiger partial charge in [0, 0.05) is 17.2 Å². The van der Waals surface area contributed by atoms with E-state index < -0.39 is 0 Å². The molecule has 0 bridgehead atoms. The molecule has 1 saturated heterocycles. The molecule has 2 heterocycles. The summed E-state index contributed by atoms with van der Waals surface area (Å²) in [6, 6.07) is 2.10. The summed E-state index contributed by atoms with van der Waals surface area (Å²) in [5.41, 5.74) is 1.20. The summed E-state index contributed by atoms with van der Waals surface area (Å²) in [4.78, 5) is 4.37. The number of halogens is 1. The van der Waals surface area contributed by atoms with Gasteiger partial charge in [0.1, 0.15) is 5.82 Å². The molecule has 2 rings (SSSR count). The fourth-order valence-corrected chi connectivity index (χ4v) is 3.44. The average Bonchev–Trinajstić information content (AvgIpc) is 2.69. The number of rotatable bonds is 3. The second-order valence-electron chi connectivity index (χ2n) is 3.93. The number of nitrogens with zero attached hydrogens (tertiary/aromatic N) is 1. The molecule has 0 radical (unpaired) electrons. The third-order valence-corrected chi connectivity index (χ3v) is 4.29. The SMILES string of the molecule is Cc1cc(Br)cnc1NCC1CCSC1. The molecule has 1 unspecified atom stereocenters. The van der Waals surface area contributed by atoms with E-state index >= 15 is 0 Å². The van der Waals surface area contributed by atoms with E-state index in [0.717, 1.165) is 22.8 Å². The summed E-state index contributed by atoms with van der Waals surface area (Å²) in [5.74, 6) is 4.46. The van der Waals surface area contributed by atoms with Crippen LogP contribution in [-0.2, 0) is 0 Å². The average molecular weight is 287 g/mol. The Bertz CT molecular complexity index is 337. The minimum atomic E-state index is 0.819. The molecule has 1 aromatic rings. The zero-order chi connectivity index (χ0) is 10.7. The van der Waals surface area contributed by atoms with E-state index in [-0.39, 0.29) is 0 Å². The highest BCUT2D eigenvalue weighted by atomic mass is 79.9. The van der Waals surface area contributed by atoms with Crippen molar-refractivity contribution in [3.05, 3.63) is 22.3 Å². The van der Waals surface area contributed by atoms with Gasteiger partial charge >= 0.3 is 0 Å². The first-order valence-corrected chi connectivity index (χ1v) is 7.14. The second-order valence-corrected chi connectivity index (χ2v) is 6.00. The summed E-state index contributed by atoms with van der Waals surface area (Å²) < 4.78 is 1.04. The van der Waals surface area contributed by atoms with Gasteiger partial charge in [-0.25, -0.2) is 4.98 Å². The predicted octanol–water partition coefficient (Wildman–Crippen LogP) is 3.32. The lowest BCUT2D eigenvalue weighted by Crippen LogP contribution is -2.14. The van der Waals surface area contributed by atoms with E-state index in [4.69, 9.17) is 0 Å². The lowest BCUT2D eigenvalue weighted by molar-refractivity contribution is 0.630. The van der Waals surface area contributed by atoms with Crippen molar-refractivity contribution >= 4 is 33.5 Å². The Morgan fingerprint density at radius 3 is 3.20 bits per heavy atom. The van der Waals surface area contributed by atoms with Crippen LogP contribution in [0, 0.1) is 12.8 Å². The number of pyridine rings is 1. The van der Waals surface area contributed by atoms with Gasteiger partial charge in [-0.3, -0.25) is 0 Å². The standard InChI is InChI=1S/C11H15BrN2S/c1-8-4-10(12)6-14-11(8)13-5-9-2-3-15-7-9/h4,6,9H,2-3,5,7H2,1H3,(H,13,14). The molecule has 15 heavy (non-hydrogen) atoms. The number of hydrogen-bond acceptors (Lipinski definition) is 3. The number of aromatic nitrogens is 1. The van der Waals surface area contributed by atoms with Crippen LogP contribution in [0.1, 0.15) is 12.0 Å². The largest absolute Gasteiger partial charge is 0.370 e. The van der Waals surface area contributed by atoms with Crippen LogP contribution >= 0.6 is 27.7 Å². The number of aryl methyl sites for hydroxylation is 1. The molecule has 1 fully saturated rings. The van der Waals surface area contributed by atoms with E-state index in [0.29, 0.717) is 0 Å². The number of thioether (sulfide) groups is 1. The van der Waals surface area contributed by atoms with Crippen molar-refractivity contribution in [3.63, 3.8) is 0 Å². The van der Waals surface area contributed by atoms with Crippen LogP contribution in [0.2, 0.25) is 0 Å². The Kier molecular flexibility index (Phi) is 3.92. The number of anilines is 1. The van der Waals surface area contributed by atoms with Crippen LogP contribution in [0.3, 0.4) is 0 Å². The summed E-state index contributed by atoms with van der Waals surface area (Å²) in [5, 5.41) is 3.44. The van der Waals surface area contributed by atoms with Crippen LogP contribution in [0.4, 0.5) is 5.82 Å². The topological polar surface area (TPSA) is 24.9 Å². The monoisotopic (exact) mass is 286 g/mol. The maximum atomic E-state index is 4.37. The highest BCUT2D eigenvalue weighted by molar-refractivity contribution is 9.10. The molecule has 82 valence electrons. The highest BCUT2D eigenvalue weighted by Gasteiger charge is 2.15. The lowest BCUT2D eigenvalue weighted by Gasteiger charge is -2.12. The van der Waals surface area contributed by atoms with Crippen LogP contribution in [-0.4, -0.2) is 23.0 Å². The van der Waals surface area contributed by atoms with Gasteiger partial charge in [-0.05, 0) is 58.3 Å². The molecule has 1 atom stereocenters. The van der Waals surface area contributed by atoms with Gasteiger partial charge in [0.05, 0.1) is 0 Å². The number of hydrogen-bond donors (Lipinski definition) is 1. The lowest BCUT2D eigenvalue weighted by atomic mass is 10.1. The maximum absolute atomic E-state index is 4.37. The fraction of sp³-hybridized carbons (Fsp3) is 0.545. The Hall–Kier alpha value is -0.220. The van der Waals surface area contributed by atoms with Crippen molar-refractivity contribution in [2.24, 2.45) is 5.92 Å². The molecule has 0 spiro atoms. The van der Waals surface area contributed by atoms with E-state index in [1.54, 1.807) is 0 Å². The molecule has 0 amide bonds. The van der Waals surface area contributed by atoms with E-state index in [1.807, 2.05) is 6.20 Å². The van der Waals surface area contributed by atoms with Crippen molar-refractivity contribution in [2.75, 3.05) is 23.4 Å². The molecule has 0 aromatic carbocycles. The van der Waals surface area contributed by atoms with Crippen LogP contribution in [0.5, 0.6) is 0 Å². The minimum absolute atomic E-state index is 0.819. The zero-order valence-corrected chi connectivity index (χ0v) is 11.2. The molecule has 2 nitrogen and oxygen atoms in total. The van der Waals surface area contributed by atoms with Crippen molar-refractivity contribution in [1.29, 1.82) is 0 Å². The van der Waals surface area contributed by atoms with Crippen LogP contribution in [0.15, 0.2) is 16.7 Å². The van der Waals surface area contributed by atoms with Gasteiger partial charge in [0.15, 0.2) is 0 Å². The Morgan fingerprint density at radius 1 is 1.67 bits per heavy atom. The first-order chi connectivity index (χ1) is 7.25. The quantitative estimate of drug-likeness (QED) is 0.923. The van der Waals surface area contributed by atoms with E-state index in [9.17, 15) is 0 Å². The smallest absolute Gasteiger partial charge is 0.128 e. The highest BCUT2D eigenvalue weighted by Crippen LogP contribution is 2.24. The van der Waals surface area contributed by atoms with Gasteiger partial charge in [0.2, 0.25) is 0 Å². The Morgan fingerprint density at radius 2 is 2.53 bits per heavy atom. The maximum Gasteiger partial charge on any atom is 0.128 e. The third kappa shape index (κ3) is 3.11. The molecular weight excluding hydrogens is 272 g/mol. The summed E-state index contributed by atoms with van der Waals surface area (Å²) in [7, 11) is 0. The Labute approximate surface area is 103 Å². The zero-order valence-electron chi connectivity index (χ0n) is 8.79. The molecule has 4 heteroatoms. The normalized spacial score (nSPS) is 20.5. The molecule has 1 aromatic heterocycles. The van der Waals surface area contributed by atoms with Crippen molar-refractivity contribution in [1.82, 2.24) is 4.98 Å². The van der Waals surface area contributed by atoms with Gasteiger partial charge in [-0.15, -0.1) is 0 Å². The molecular formula is C11H15BrN2S. The molecule has 0 aliphatic carbocycles. The predicted molar refractivity (Wildman–Crippen MR) is 70.6 cm³/mol. The van der Waals surface area contributed by atoms with Gasteiger partial charge in [0.25, 0.3) is 0 Å². The van der Waals surface area contributed by atoms with Crippen LogP contribution in [0.25, 0.3) is 0 Å². The molecule has 1 N–H and O–H groups in total. The molecule has 1 aliphatic heterocycles. The molecule has 1 aliphatic rings. The van der Waals surface area contributed by atoms with Crippen molar-refractivity contribution in [3.8, 4) is 0 Å². The van der Waals surface area contributed by atoms with E-state index in [2.05, 4.69) is 51.0 Å².